The van der Waals surface area contributed by atoms with Crippen LogP contribution >= 0.6 is 22.9 Å². The number of aromatic nitrogens is 1. The van der Waals surface area contributed by atoms with Crippen molar-refractivity contribution in [2.75, 3.05) is 5.32 Å². The Bertz CT molecular complexity index is 1190. The van der Waals surface area contributed by atoms with Crippen molar-refractivity contribution in [3.8, 4) is 5.75 Å². The number of hydrogen-bond acceptors (Lipinski definition) is 4. The minimum absolute atomic E-state index is 0.0362. The molecular formula is C32H48ClF3N2O2S. The third-order valence-corrected chi connectivity index (χ3v) is 7.03. The number of anilines is 1. The number of nitrogens with one attached hydrogen (secondary N) is 1. The van der Waals surface area contributed by atoms with Gasteiger partial charge in [0.15, 0.2) is 5.13 Å². The fourth-order valence-electron chi connectivity index (χ4n) is 3.46. The smallest absolute Gasteiger partial charge is 0.416 e. The molecule has 0 atom stereocenters. The molecule has 0 spiro atoms. The molecule has 232 valence electrons. The molecule has 9 heteroatoms. The van der Waals surface area contributed by atoms with Crippen LogP contribution in [0.2, 0.25) is 5.02 Å². The molecule has 1 aromatic heterocycles. The molecule has 4 nitrogen and oxygen atoms in total. The molecule has 0 aliphatic rings. The third kappa shape index (κ3) is 13.5. The number of carbonyl (C=O) groups is 1. The van der Waals surface area contributed by atoms with Crippen molar-refractivity contribution in [1.29, 1.82) is 0 Å². The highest BCUT2D eigenvalue weighted by Crippen LogP contribution is 2.37. The molecule has 1 amide bonds. The first-order valence-electron chi connectivity index (χ1n) is 14.6. The van der Waals surface area contributed by atoms with Crippen LogP contribution in [-0.2, 0) is 12.6 Å². The minimum Gasteiger partial charge on any atom is -0.507 e. The molecule has 0 unspecified atom stereocenters. The summed E-state index contributed by atoms with van der Waals surface area (Å²) < 4.78 is 39.5. The Labute approximate surface area is 253 Å². The van der Waals surface area contributed by atoms with Crippen molar-refractivity contribution in [2.24, 2.45) is 5.92 Å². The summed E-state index contributed by atoms with van der Waals surface area (Å²) in [6.45, 7) is 18.5. The van der Waals surface area contributed by atoms with E-state index in [-0.39, 0.29) is 21.5 Å². The number of carbonyl (C=O) groups excluding carboxylic acids is 1. The van der Waals surface area contributed by atoms with E-state index in [9.17, 15) is 23.1 Å². The second-order valence-electron chi connectivity index (χ2n) is 9.82. The van der Waals surface area contributed by atoms with Crippen molar-refractivity contribution in [2.45, 2.75) is 113 Å². The number of amides is 1. The Morgan fingerprint density at radius 2 is 1.63 bits per heavy atom. The molecule has 3 aromatic rings. The normalized spacial score (nSPS) is 10.7. The van der Waals surface area contributed by atoms with E-state index in [1.165, 1.54) is 50.7 Å². The van der Waals surface area contributed by atoms with E-state index in [0.29, 0.717) is 27.8 Å². The Morgan fingerprint density at radius 1 is 1.02 bits per heavy atom. The lowest BCUT2D eigenvalue weighted by molar-refractivity contribution is -0.137. The van der Waals surface area contributed by atoms with E-state index in [4.69, 9.17) is 11.6 Å². The molecule has 1 heterocycles. The molecule has 0 aliphatic heterocycles. The number of nitrogens with zero attached hydrogens (tertiary/aromatic N) is 1. The summed E-state index contributed by atoms with van der Waals surface area (Å²) in [7, 11) is 0. The Kier molecular flexibility index (Phi) is 18.6. The number of phenols is 1. The van der Waals surface area contributed by atoms with Crippen LogP contribution in [0.25, 0.3) is 10.2 Å². The van der Waals surface area contributed by atoms with Gasteiger partial charge in [0.2, 0.25) is 0 Å². The van der Waals surface area contributed by atoms with Crippen LogP contribution < -0.4 is 5.32 Å². The average Bonchev–Trinajstić information content (AvgIpc) is 3.33. The first kappa shape index (κ1) is 38.7. The molecule has 2 N–H and O–H groups in total. The highest BCUT2D eigenvalue weighted by Gasteiger charge is 2.32. The van der Waals surface area contributed by atoms with Crippen molar-refractivity contribution in [1.82, 2.24) is 4.98 Å². The number of benzene rings is 2. The van der Waals surface area contributed by atoms with Crippen LogP contribution in [0.15, 0.2) is 24.3 Å². The van der Waals surface area contributed by atoms with Crippen LogP contribution in [0.4, 0.5) is 18.3 Å². The second-order valence-corrected chi connectivity index (χ2v) is 11.3. The van der Waals surface area contributed by atoms with Gasteiger partial charge < -0.3 is 5.11 Å². The fraction of sp³-hybridized carbons (Fsp3) is 0.562. The molecule has 3 rings (SSSR count). The summed E-state index contributed by atoms with van der Waals surface area (Å²) in [5, 5.41) is 13.0. The van der Waals surface area contributed by atoms with Crippen LogP contribution in [0, 0.1) is 12.8 Å². The van der Waals surface area contributed by atoms with E-state index in [0.717, 1.165) is 29.4 Å². The van der Waals surface area contributed by atoms with E-state index in [2.05, 4.69) is 44.9 Å². The van der Waals surface area contributed by atoms with Crippen LogP contribution in [0.3, 0.4) is 0 Å². The molecule has 0 fully saturated rings. The predicted octanol–water partition coefficient (Wildman–Crippen LogP) is 11.9. The zero-order chi connectivity index (χ0) is 31.8. The topological polar surface area (TPSA) is 62.2 Å². The van der Waals surface area contributed by atoms with Crippen molar-refractivity contribution < 1.29 is 23.1 Å². The summed E-state index contributed by atoms with van der Waals surface area (Å²) in [5.74, 6) is 0.0411. The Balaban J connectivity index is 0.000000956. The first-order chi connectivity index (χ1) is 19.3. The summed E-state index contributed by atoms with van der Waals surface area (Å²) in [6.07, 6.45) is 4.15. The maximum absolute atomic E-state index is 13.1. The van der Waals surface area contributed by atoms with Crippen molar-refractivity contribution in [3.63, 3.8) is 0 Å². The number of thiazole rings is 1. The molecule has 0 saturated carbocycles. The third-order valence-electron chi connectivity index (χ3n) is 5.90. The minimum atomic E-state index is -4.46. The maximum Gasteiger partial charge on any atom is 0.416 e. The van der Waals surface area contributed by atoms with Gasteiger partial charge in [0.05, 0.1) is 21.3 Å². The molecule has 0 aliphatic carbocycles. The standard InChI is InChI=1S/C18H14ClF3N2O2S.C8H18.C4H10.C2H6/c1-3-9-5-10(18(20,21)22)6-13-14(9)23-17(27-13)24-16(26)12-7-11(19)4-8(2)15(12)25;1-4-5-6-7-8(2)3;1-3-4-2;1-2/h4-7,25H,3H2,1-2H3,(H,23,24,26);8H,4-7H2,1-3H3;3-4H2,1-2H3;1-2H3. The van der Waals surface area contributed by atoms with Gasteiger partial charge in [-0.3, -0.25) is 10.1 Å². The second kappa shape index (κ2) is 19.7. The van der Waals surface area contributed by atoms with Crippen LogP contribution in [0.1, 0.15) is 121 Å². The average molecular weight is 617 g/mol. The Hall–Kier alpha value is -2.32. The molecular weight excluding hydrogens is 569 g/mol. The highest BCUT2D eigenvalue weighted by molar-refractivity contribution is 7.22. The number of aromatic hydroxyl groups is 1. The number of aryl methyl sites for hydroxylation is 2. The van der Waals surface area contributed by atoms with E-state index in [1.54, 1.807) is 13.8 Å². The zero-order valence-corrected chi connectivity index (χ0v) is 27.6. The summed E-state index contributed by atoms with van der Waals surface area (Å²) in [6, 6.07) is 4.91. The fourth-order valence-corrected chi connectivity index (χ4v) is 4.68. The monoisotopic (exact) mass is 616 g/mol. The lowest BCUT2D eigenvalue weighted by atomic mass is 10.1. The first-order valence-corrected chi connectivity index (χ1v) is 15.8. The number of rotatable bonds is 8. The zero-order valence-electron chi connectivity index (χ0n) is 26.1. The van der Waals surface area contributed by atoms with Gasteiger partial charge in [-0.05, 0) is 54.7 Å². The van der Waals surface area contributed by atoms with Gasteiger partial charge in [0, 0.05) is 5.02 Å². The lowest BCUT2D eigenvalue weighted by Gasteiger charge is -2.08. The van der Waals surface area contributed by atoms with Gasteiger partial charge in [0.1, 0.15) is 5.75 Å². The van der Waals surface area contributed by atoms with Gasteiger partial charge in [-0.1, -0.05) is 117 Å². The quantitative estimate of drug-likeness (QED) is 0.247. The summed E-state index contributed by atoms with van der Waals surface area (Å²) in [5.41, 5.74) is 0.498. The van der Waals surface area contributed by atoms with Crippen LogP contribution in [0.5, 0.6) is 5.75 Å². The van der Waals surface area contributed by atoms with Gasteiger partial charge >= 0.3 is 6.18 Å². The maximum atomic E-state index is 13.1. The van der Waals surface area contributed by atoms with Crippen molar-refractivity contribution >= 4 is 44.2 Å². The number of phenolic OH excluding ortho intramolecular Hbond substituents is 1. The number of halogens is 4. The molecule has 2 aromatic carbocycles. The number of unbranched alkanes of at least 4 members (excludes halogenated alkanes) is 3. The van der Waals surface area contributed by atoms with E-state index in [1.807, 2.05) is 13.8 Å². The summed E-state index contributed by atoms with van der Waals surface area (Å²) >= 11 is 6.86. The highest BCUT2D eigenvalue weighted by atomic mass is 35.5. The van der Waals surface area contributed by atoms with Gasteiger partial charge in [0.25, 0.3) is 5.91 Å². The van der Waals surface area contributed by atoms with Crippen molar-refractivity contribution in [3.05, 3.63) is 51.5 Å². The van der Waals surface area contributed by atoms with E-state index >= 15 is 0 Å². The van der Waals surface area contributed by atoms with Gasteiger partial charge in [-0.2, -0.15) is 13.2 Å². The van der Waals surface area contributed by atoms with Crippen LogP contribution in [-0.4, -0.2) is 16.0 Å². The number of alkyl halides is 3. The van der Waals surface area contributed by atoms with E-state index < -0.39 is 17.6 Å². The lowest BCUT2D eigenvalue weighted by Crippen LogP contribution is -2.12. The number of hydrogen-bond donors (Lipinski definition) is 2. The molecule has 0 radical (unpaired) electrons. The van der Waals surface area contributed by atoms with Gasteiger partial charge in [-0.25, -0.2) is 4.98 Å². The predicted molar refractivity (Wildman–Crippen MR) is 171 cm³/mol. The largest absolute Gasteiger partial charge is 0.507 e. The van der Waals surface area contributed by atoms with Gasteiger partial charge in [-0.15, -0.1) is 0 Å². The summed E-state index contributed by atoms with van der Waals surface area (Å²) in [4.78, 5) is 16.7. The SMILES string of the molecule is CC.CCCC.CCCCCC(C)C.CCc1cc(C(F)(F)F)cc2sc(NC(=O)c3cc(Cl)cc(C)c3O)nc12. The molecule has 0 bridgehead atoms. The number of fused-ring (bicyclic) bond motifs is 1. The molecule has 0 saturated heterocycles. The Morgan fingerprint density at radius 3 is 2.12 bits per heavy atom. The molecule has 41 heavy (non-hydrogen) atoms.